The topological polar surface area (TPSA) is 0 Å². The summed E-state index contributed by atoms with van der Waals surface area (Å²) in [7, 11) is 0. The van der Waals surface area contributed by atoms with Gasteiger partial charge in [0.05, 0.1) is 0 Å². The summed E-state index contributed by atoms with van der Waals surface area (Å²) in [5, 5.41) is 0. The zero-order valence-electron chi connectivity index (χ0n) is 2.72. The Kier molecular flexibility index (Phi) is 4.84. The van der Waals surface area contributed by atoms with Crippen molar-refractivity contribution in [3.05, 3.63) is 0 Å². The summed E-state index contributed by atoms with van der Waals surface area (Å²) >= 11 is 11.3. The molecule has 0 aliphatic heterocycles. The highest BCUT2D eigenvalue weighted by Gasteiger charge is 2.13. The number of rotatable bonds is 1. The van der Waals surface area contributed by atoms with E-state index in [-0.39, 0.29) is 1.24 Å². The molecule has 0 N–H and O–H groups in total. The van der Waals surface area contributed by atoms with E-state index in [1.54, 1.807) is 0 Å². The molecular formula is C2H2Br2I2. The number of halogens is 4. The lowest BCUT2D eigenvalue weighted by Crippen LogP contribution is -1.97. The van der Waals surface area contributed by atoms with E-state index in [0.29, 0.717) is 0 Å². The Morgan fingerprint density at radius 1 is 1.50 bits per heavy atom. The fraction of sp³-hybridized carbons (Fsp3) is 1.00. The minimum Gasteiger partial charge on any atom is -0.0830 e. The van der Waals surface area contributed by atoms with Gasteiger partial charge in [-0.25, -0.2) is 0 Å². The number of hydrogen-bond donors (Lipinski definition) is 0. The first-order chi connectivity index (χ1) is 2.56. The van der Waals surface area contributed by atoms with Crippen molar-refractivity contribution in [2.45, 2.75) is 1.24 Å². The summed E-state index contributed by atoms with van der Waals surface area (Å²) < 4.78 is 1.18. The Bertz CT molecular complexity index is 39.3. The van der Waals surface area contributed by atoms with Crippen LogP contribution in [0.3, 0.4) is 0 Å². The molecule has 0 unspecified atom stereocenters. The van der Waals surface area contributed by atoms with Gasteiger partial charge in [-0.15, -0.1) is 0 Å². The molecule has 4 heteroatoms. The average molecular weight is 440 g/mol. The summed E-state index contributed by atoms with van der Waals surface area (Å²) in [5.74, 6) is 0. The minimum atomic E-state index is 0.123. The normalized spacial score (nSPS) is 12.0. The Labute approximate surface area is 81.4 Å². The first kappa shape index (κ1) is 8.42. The smallest absolute Gasteiger partial charge is 0.0830 e. The second-order valence-electron chi connectivity index (χ2n) is 0.749. The molecule has 0 aromatic heterocycles. The summed E-state index contributed by atoms with van der Waals surface area (Å²) in [4.78, 5) is 0. The van der Waals surface area contributed by atoms with Crippen molar-refractivity contribution in [3.8, 4) is 0 Å². The molecule has 0 saturated heterocycles. The summed E-state index contributed by atoms with van der Waals surface area (Å²) in [6.45, 7) is 0. The molecule has 0 spiro atoms. The first-order valence-electron chi connectivity index (χ1n) is 1.19. The molecule has 0 saturated carbocycles. The van der Waals surface area contributed by atoms with E-state index in [4.69, 9.17) is 0 Å². The van der Waals surface area contributed by atoms with E-state index in [1.807, 2.05) is 0 Å². The molecule has 0 amide bonds. The molecule has 0 aromatic rings. The van der Waals surface area contributed by atoms with E-state index < -0.39 is 0 Å². The van der Waals surface area contributed by atoms with Gasteiger partial charge in [0.15, 0.2) is 0 Å². The van der Waals surface area contributed by atoms with Crippen LogP contribution in [0.1, 0.15) is 0 Å². The van der Waals surface area contributed by atoms with Gasteiger partial charge in [-0.2, -0.15) is 0 Å². The molecule has 0 atom stereocenters. The third-order valence-electron chi connectivity index (χ3n) is 0.152. The molecule has 0 fully saturated rings. The Morgan fingerprint density at radius 2 is 1.67 bits per heavy atom. The second kappa shape index (κ2) is 3.45. The predicted octanol–water partition coefficient (Wildman–Crippen LogP) is 3.30. The largest absolute Gasteiger partial charge is 0.140 e. The van der Waals surface area contributed by atoms with Crippen LogP contribution in [0.5, 0.6) is 0 Å². The quantitative estimate of drug-likeness (QED) is 0.434. The van der Waals surface area contributed by atoms with Crippen LogP contribution in [0.15, 0.2) is 0 Å². The Hall–Kier alpha value is 2.42. The van der Waals surface area contributed by atoms with Gasteiger partial charge in [-0.05, 0) is 0 Å². The van der Waals surface area contributed by atoms with Crippen LogP contribution in [0.4, 0.5) is 0 Å². The van der Waals surface area contributed by atoms with Crippen LogP contribution in [-0.4, -0.2) is 5.67 Å². The Balaban J connectivity index is 3.17. The van der Waals surface area contributed by atoms with E-state index >= 15 is 0 Å². The zero-order valence-corrected chi connectivity index (χ0v) is 10.2. The molecule has 0 heterocycles. The molecular weight excluding hydrogens is 438 g/mol. The maximum atomic E-state index is 3.37. The molecule has 0 radical (unpaired) electrons. The zero-order chi connectivity index (χ0) is 5.21. The van der Waals surface area contributed by atoms with Crippen LogP contribution in [0.2, 0.25) is 0 Å². The van der Waals surface area contributed by atoms with E-state index in [9.17, 15) is 0 Å². The molecule has 38 valence electrons. The Morgan fingerprint density at radius 3 is 1.67 bits per heavy atom. The van der Waals surface area contributed by atoms with Crippen LogP contribution in [0.25, 0.3) is 0 Å². The highest BCUT2D eigenvalue weighted by molar-refractivity contribution is 14.1. The van der Waals surface area contributed by atoms with Crippen LogP contribution < -0.4 is 0 Å². The molecule has 0 bridgehead atoms. The van der Waals surface area contributed by atoms with Crippen molar-refractivity contribution in [1.82, 2.24) is 0 Å². The second-order valence-corrected chi connectivity index (χ2v) is 10.1. The fourth-order valence-corrected chi connectivity index (χ4v) is 0. The molecule has 0 nitrogen and oxygen atoms in total. The third-order valence-corrected chi connectivity index (χ3v) is 5.79. The minimum absolute atomic E-state index is 0.123. The highest BCUT2D eigenvalue weighted by atomic mass is 127. The maximum absolute atomic E-state index is 3.37. The van der Waals surface area contributed by atoms with E-state index in [0.717, 1.165) is 4.43 Å². The lowest BCUT2D eigenvalue weighted by molar-refractivity contribution is 1.52. The van der Waals surface area contributed by atoms with Gasteiger partial charge < -0.3 is 0 Å². The predicted molar refractivity (Wildman–Crippen MR) is 53.5 cm³/mol. The molecule has 6 heavy (non-hydrogen) atoms. The maximum Gasteiger partial charge on any atom is 0.140 e. The van der Waals surface area contributed by atoms with Gasteiger partial charge in [0.1, 0.15) is 1.24 Å². The summed E-state index contributed by atoms with van der Waals surface area (Å²) in [6.07, 6.45) is 0. The molecule has 0 rings (SSSR count). The van der Waals surface area contributed by atoms with Crippen LogP contribution in [-0.2, 0) is 0 Å². The molecule has 0 aromatic carbocycles. The lowest BCUT2D eigenvalue weighted by Gasteiger charge is -2.03. The van der Waals surface area contributed by atoms with E-state index in [2.05, 4.69) is 77.0 Å². The number of hydrogen-bond acceptors (Lipinski definition) is 0. The molecule has 0 aliphatic carbocycles. The van der Waals surface area contributed by atoms with Crippen molar-refractivity contribution in [2.24, 2.45) is 0 Å². The van der Waals surface area contributed by atoms with Gasteiger partial charge in [-0.3, -0.25) is 0 Å². The highest BCUT2D eigenvalue weighted by Crippen LogP contribution is 2.35. The van der Waals surface area contributed by atoms with Crippen molar-refractivity contribution < 1.29 is 0 Å². The third kappa shape index (κ3) is 6.42. The average Bonchev–Trinajstić information content (AvgIpc) is 1.35. The summed E-state index contributed by atoms with van der Waals surface area (Å²) in [5.41, 5.74) is 0. The molecule has 0 aliphatic rings. The van der Waals surface area contributed by atoms with Crippen LogP contribution in [0, 0.1) is 0 Å². The first-order valence-corrected chi connectivity index (χ1v) is 5.38. The van der Waals surface area contributed by atoms with Crippen molar-refractivity contribution in [2.75, 3.05) is 4.43 Å². The lowest BCUT2D eigenvalue weighted by atomic mass is 11.0. The summed E-state index contributed by atoms with van der Waals surface area (Å²) in [6, 6.07) is 0. The van der Waals surface area contributed by atoms with Gasteiger partial charge >= 0.3 is 0 Å². The van der Waals surface area contributed by atoms with Gasteiger partial charge in [0.25, 0.3) is 0 Å². The SMILES string of the molecule is BrC(Br)(I)CI. The van der Waals surface area contributed by atoms with Crippen LogP contribution >= 0.6 is 77.0 Å². The van der Waals surface area contributed by atoms with Gasteiger partial charge in [-0.1, -0.05) is 77.0 Å². The standard InChI is InChI=1S/C2H2Br2I2/c3-2(4,6)1-5/h1H2. The monoisotopic (exact) mass is 438 g/mol. The number of alkyl halides is 4. The fourth-order valence-electron chi connectivity index (χ4n) is 0. The van der Waals surface area contributed by atoms with Gasteiger partial charge in [0.2, 0.25) is 0 Å². The van der Waals surface area contributed by atoms with Crippen molar-refractivity contribution in [3.63, 3.8) is 0 Å². The van der Waals surface area contributed by atoms with E-state index in [1.165, 1.54) is 0 Å². The van der Waals surface area contributed by atoms with Crippen molar-refractivity contribution in [1.29, 1.82) is 0 Å². The van der Waals surface area contributed by atoms with Gasteiger partial charge in [0, 0.05) is 4.43 Å². The van der Waals surface area contributed by atoms with Crippen molar-refractivity contribution >= 4 is 77.0 Å².